The van der Waals surface area contributed by atoms with Crippen LogP contribution in [0, 0.1) is 11.3 Å². The number of aromatic nitrogens is 2. The lowest BCUT2D eigenvalue weighted by Gasteiger charge is -2.38. The molecule has 0 radical (unpaired) electrons. The average Bonchev–Trinajstić information content (AvgIpc) is 3.01. The Labute approximate surface area is 120 Å². The first-order valence-electron chi connectivity index (χ1n) is 8.01. The summed E-state index contributed by atoms with van der Waals surface area (Å²) >= 11 is 0. The van der Waals surface area contributed by atoms with E-state index in [0.29, 0.717) is 11.3 Å². The molecule has 4 heteroatoms. The summed E-state index contributed by atoms with van der Waals surface area (Å²) < 4.78 is 2.04. The van der Waals surface area contributed by atoms with E-state index in [1.165, 1.54) is 37.8 Å². The van der Waals surface area contributed by atoms with Gasteiger partial charge in [-0.3, -0.25) is 9.48 Å². The second-order valence-corrected chi connectivity index (χ2v) is 7.16. The minimum Gasteiger partial charge on any atom is -0.338 e. The van der Waals surface area contributed by atoms with Crippen molar-refractivity contribution in [2.45, 2.75) is 52.0 Å². The van der Waals surface area contributed by atoms with E-state index in [1.807, 2.05) is 10.9 Å². The highest BCUT2D eigenvalue weighted by Crippen LogP contribution is 2.48. The fourth-order valence-electron chi connectivity index (χ4n) is 4.14. The van der Waals surface area contributed by atoms with Crippen LogP contribution in [0.3, 0.4) is 0 Å². The van der Waals surface area contributed by atoms with Gasteiger partial charge >= 0.3 is 0 Å². The van der Waals surface area contributed by atoms with Crippen LogP contribution in [0.2, 0.25) is 0 Å². The Morgan fingerprint density at radius 3 is 2.90 bits per heavy atom. The van der Waals surface area contributed by atoms with E-state index < -0.39 is 0 Å². The summed E-state index contributed by atoms with van der Waals surface area (Å²) in [5, 5.41) is 4.42. The Morgan fingerprint density at radius 1 is 1.35 bits per heavy atom. The highest BCUT2D eigenvalue weighted by molar-refractivity contribution is 5.95. The number of amides is 1. The van der Waals surface area contributed by atoms with Crippen LogP contribution in [0.15, 0.2) is 6.20 Å². The van der Waals surface area contributed by atoms with Crippen LogP contribution in [0.25, 0.3) is 0 Å². The molecule has 1 aromatic rings. The SMILES string of the molecule is CC1CCn2ncc(C(=O)N3CCC4(CCC4)C3)c2C1. The zero-order valence-corrected chi connectivity index (χ0v) is 12.3. The first-order chi connectivity index (χ1) is 9.67. The van der Waals surface area contributed by atoms with Crippen molar-refractivity contribution in [2.24, 2.45) is 11.3 Å². The van der Waals surface area contributed by atoms with E-state index in [0.717, 1.165) is 31.6 Å². The standard InChI is InChI=1S/C16H23N3O/c1-12-3-7-19-14(9-12)13(10-17-19)15(20)18-8-6-16(11-18)4-2-5-16/h10,12H,2-9,11H2,1H3. The third kappa shape index (κ3) is 1.80. The third-order valence-corrected chi connectivity index (χ3v) is 5.69. The van der Waals surface area contributed by atoms with Crippen molar-refractivity contribution < 1.29 is 4.79 Å². The topological polar surface area (TPSA) is 38.1 Å². The Morgan fingerprint density at radius 2 is 2.20 bits per heavy atom. The molecule has 3 aliphatic rings. The van der Waals surface area contributed by atoms with E-state index in [1.54, 1.807) is 0 Å². The van der Waals surface area contributed by atoms with Gasteiger partial charge in [-0.05, 0) is 43.4 Å². The summed E-state index contributed by atoms with van der Waals surface area (Å²) in [6.45, 7) is 5.16. The number of rotatable bonds is 1. The molecule has 108 valence electrons. The summed E-state index contributed by atoms with van der Waals surface area (Å²) in [5.74, 6) is 0.895. The van der Waals surface area contributed by atoms with E-state index in [4.69, 9.17) is 0 Å². The predicted molar refractivity (Wildman–Crippen MR) is 76.5 cm³/mol. The first-order valence-corrected chi connectivity index (χ1v) is 8.01. The van der Waals surface area contributed by atoms with Crippen molar-refractivity contribution in [2.75, 3.05) is 13.1 Å². The van der Waals surface area contributed by atoms with Crippen molar-refractivity contribution in [3.63, 3.8) is 0 Å². The second kappa shape index (κ2) is 4.34. The van der Waals surface area contributed by atoms with Crippen LogP contribution in [0.1, 0.15) is 55.1 Å². The number of carbonyl (C=O) groups excluding carboxylic acids is 1. The van der Waals surface area contributed by atoms with Crippen LogP contribution in [-0.2, 0) is 13.0 Å². The molecule has 1 saturated carbocycles. The summed E-state index contributed by atoms with van der Waals surface area (Å²) in [6.07, 6.45) is 9.18. The third-order valence-electron chi connectivity index (χ3n) is 5.69. The fourth-order valence-corrected chi connectivity index (χ4v) is 4.14. The molecule has 0 aromatic carbocycles. The zero-order valence-electron chi connectivity index (χ0n) is 12.3. The zero-order chi connectivity index (χ0) is 13.7. The Kier molecular flexibility index (Phi) is 2.69. The molecule has 2 fully saturated rings. The molecular weight excluding hydrogens is 250 g/mol. The lowest BCUT2D eigenvalue weighted by Crippen LogP contribution is -2.36. The Balaban J connectivity index is 1.56. The number of fused-ring (bicyclic) bond motifs is 1. The van der Waals surface area contributed by atoms with Crippen molar-refractivity contribution in [3.05, 3.63) is 17.5 Å². The van der Waals surface area contributed by atoms with Gasteiger partial charge in [0.1, 0.15) is 0 Å². The lowest BCUT2D eigenvalue weighted by atomic mass is 9.68. The molecule has 3 heterocycles. The van der Waals surface area contributed by atoms with Gasteiger partial charge in [-0.1, -0.05) is 13.3 Å². The van der Waals surface area contributed by atoms with Crippen molar-refractivity contribution in [1.29, 1.82) is 0 Å². The fraction of sp³-hybridized carbons (Fsp3) is 0.750. The molecule has 0 N–H and O–H groups in total. The van der Waals surface area contributed by atoms with E-state index in [9.17, 15) is 4.79 Å². The van der Waals surface area contributed by atoms with Crippen molar-refractivity contribution in [1.82, 2.24) is 14.7 Å². The smallest absolute Gasteiger partial charge is 0.257 e. The molecule has 1 atom stereocenters. The second-order valence-electron chi connectivity index (χ2n) is 7.16. The van der Waals surface area contributed by atoms with Crippen LogP contribution in [0.4, 0.5) is 0 Å². The molecule has 1 saturated heterocycles. The number of likely N-dealkylation sites (tertiary alicyclic amines) is 1. The van der Waals surface area contributed by atoms with Gasteiger partial charge in [0.05, 0.1) is 17.5 Å². The molecule has 1 spiro atoms. The van der Waals surface area contributed by atoms with Gasteiger partial charge in [-0.15, -0.1) is 0 Å². The molecule has 4 nitrogen and oxygen atoms in total. The highest BCUT2D eigenvalue weighted by Gasteiger charge is 2.44. The van der Waals surface area contributed by atoms with Crippen molar-refractivity contribution in [3.8, 4) is 0 Å². The monoisotopic (exact) mass is 273 g/mol. The molecule has 1 aromatic heterocycles. The van der Waals surface area contributed by atoms with Crippen molar-refractivity contribution >= 4 is 5.91 Å². The summed E-state index contributed by atoms with van der Waals surface area (Å²) in [5.41, 5.74) is 2.52. The highest BCUT2D eigenvalue weighted by atomic mass is 16.2. The van der Waals surface area contributed by atoms with Crippen LogP contribution in [0.5, 0.6) is 0 Å². The molecule has 20 heavy (non-hydrogen) atoms. The van der Waals surface area contributed by atoms with Gasteiger partial charge < -0.3 is 4.90 Å². The van der Waals surface area contributed by atoms with Gasteiger partial charge in [0.15, 0.2) is 0 Å². The first kappa shape index (κ1) is 12.4. The van der Waals surface area contributed by atoms with Crippen LogP contribution >= 0.6 is 0 Å². The average molecular weight is 273 g/mol. The maximum absolute atomic E-state index is 12.8. The summed E-state index contributed by atoms with van der Waals surface area (Å²) in [6, 6.07) is 0. The molecule has 1 unspecified atom stereocenters. The van der Waals surface area contributed by atoms with Gasteiger partial charge in [0.25, 0.3) is 5.91 Å². The maximum atomic E-state index is 12.8. The normalized spacial score (nSPS) is 27.4. The molecule has 0 bridgehead atoms. The molecule has 2 aliphatic heterocycles. The van der Waals surface area contributed by atoms with E-state index >= 15 is 0 Å². The number of carbonyl (C=O) groups is 1. The van der Waals surface area contributed by atoms with Gasteiger partial charge in [-0.2, -0.15) is 5.10 Å². The molecule has 1 amide bonds. The molecule has 4 rings (SSSR count). The molecular formula is C16H23N3O. The van der Waals surface area contributed by atoms with Crippen LogP contribution in [-0.4, -0.2) is 33.7 Å². The largest absolute Gasteiger partial charge is 0.338 e. The van der Waals surface area contributed by atoms with Gasteiger partial charge in [-0.25, -0.2) is 0 Å². The number of aryl methyl sites for hydroxylation is 1. The minimum absolute atomic E-state index is 0.226. The van der Waals surface area contributed by atoms with E-state index in [2.05, 4.69) is 16.9 Å². The van der Waals surface area contributed by atoms with Gasteiger partial charge in [0.2, 0.25) is 0 Å². The number of nitrogens with zero attached hydrogens (tertiary/aromatic N) is 3. The van der Waals surface area contributed by atoms with Crippen LogP contribution < -0.4 is 0 Å². The quantitative estimate of drug-likeness (QED) is 0.788. The number of hydrogen-bond donors (Lipinski definition) is 0. The summed E-state index contributed by atoms with van der Waals surface area (Å²) in [4.78, 5) is 14.9. The Hall–Kier alpha value is -1.32. The molecule has 1 aliphatic carbocycles. The van der Waals surface area contributed by atoms with E-state index in [-0.39, 0.29) is 5.91 Å². The van der Waals surface area contributed by atoms with Gasteiger partial charge in [0, 0.05) is 19.6 Å². The maximum Gasteiger partial charge on any atom is 0.257 e. The summed E-state index contributed by atoms with van der Waals surface area (Å²) in [7, 11) is 0. The Bertz CT molecular complexity index is 544. The predicted octanol–water partition coefficient (Wildman–Crippen LogP) is 2.48. The minimum atomic E-state index is 0.226. The lowest BCUT2D eigenvalue weighted by molar-refractivity contribution is 0.0730. The number of hydrogen-bond acceptors (Lipinski definition) is 2.